The second kappa shape index (κ2) is 4.61. The summed E-state index contributed by atoms with van der Waals surface area (Å²) in [5.74, 6) is 0. The number of fused-ring (bicyclic) bond motifs is 4. The van der Waals surface area contributed by atoms with Gasteiger partial charge in [-0.1, -0.05) is 24.3 Å². The van der Waals surface area contributed by atoms with Crippen molar-refractivity contribution < 1.29 is 4.42 Å². The molecule has 4 nitrogen and oxygen atoms in total. The topological polar surface area (TPSA) is 51.8 Å². The first-order valence-corrected chi connectivity index (χ1v) is 7.38. The fraction of sp³-hybridized carbons (Fsp3) is 0. The fourth-order valence-electron chi connectivity index (χ4n) is 3.04. The molecule has 0 N–H and O–H groups in total. The first-order valence-electron chi connectivity index (χ1n) is 7.38. The third-order valence-electron chi connectivity index (χ3n) is 4.06. The van der Waals surface area contributed by atoms with Crippen LogP contribution in [0, 0.1) is 0 Å². The highest BCUT2D eigenvalue weighted by molar-refractivity contribution is 6.12. The van der Waals surface area contributed by atoms with Crippen molar-refractivity contribution in [1.82, 2.24) is 15.0 Å². The number of rotatable bonds is 1. The number of aromatic nitrogens is 3. The summed E-state index contributed by atoms with van der Waals surface area (Å²) in [6.45, 7) is 0. The smallest absolute Gasteiger partial charge is 0.227 e. The standard InChI is InChI=1S/C19H11N3O/c1-2-5-13-12(4-1)7-10-20-17(13)18-16-14-6-3-9-22-19(14)23-15(16)8-11-21-18/h1-11H. The highest BCUT2D eigenvalue weighted by Gasteiger charge is 2.16. The van der Waals surface area contributed by atoms with E-state index in [0.29, 0.717) is 5.71 Å². The maximum atomic E-state index is 5.85. The molecule has 23 heavy (non-hydrogen) atoms. The Balaban J connectivity index is 1.96. The molecular weight excluding hydrogens is 286 g/mol. The molecule has 0 amide bonds. The highest BCUT2D eigenvalue weighted by atomic mass is 16.3. The zero-order valence-electron chi connectivity index (χ0n) is 12.1. The molecule has 0 saturated heterocycles. The van der Waals surface area contributed by atoms with Gasteiger partial charge in [0, 0.05) is 24.0 Å². The van der Waals surface area contributed by atoms with E-state index in [9.17, 15) is 0 Å². The fourth-order valence-corrected chi connectivity index (χ4v) is 3.04. The van der Waals surface area contributed by atoms with E-state index < -0.39 is 0 Å². The average molecular weight is 297 g/mol. The maximum Gasteiger partial charge on any atom is 0.227 e. The van der Waals surface area contributed by atoms with Crippen molar-refractivity contribution in [3.8, 4) is 11.4 Å². The number of furan rings is 1. The van der Waals surface area contributed by atoms with Crippen molar-refractivity contribution >= 4 is 32.8 Å². The SMILES string of the molecule is c1ccc2c(-c3nccc4oc5ncccc5c34)nccc2c1. The number of hydrogen-bond acceptors (Lipinski definition) is 4. The molecular formula is C19H11N3O. The Bertz CT molecular complexity index is 1170. The summed E-state index contributed by atoms with van der Waals surface area (Å²) in [7, 11) is 0. The van der Waals surface area contributed by atoms with Crippen LogP contribution in [-0.2, 0) is 0 Å². The molecule has 0 atom stereocenters. The summed E-state index contributed by atoms with van der Waals surface area (Å²) in [6.07, 6.45) is 5.30. The van der Waals surface area contributed by atoms with Gasteiger partial charge in [0.15, 0.2) is 0 Å². The highest BCUT2D eigenvalue weighted by Crippen LogP contribution is 2.35. The van der Waals surface area contributed by atoms with E-state index in [1.54, 1.807) is 12.4 Å². The van der Waals surface area contributed by atoms with Gasteiger partial charge < -0.3 is 4.42 Å². The molecule has 1 aromatic carbocycles. The van der Waals surface area contributed by atoms with Crippen LogP contribution in [0.5, 0.6) is 0 Å². The third kappa shape index (κ3) is 1.75. The molecule has 4 heteroatoms. The molecule has 4 aromatic heterocycles. The van der Waals surface area contributed by atoms with Gasteiger partial charge in [-0.15, -0.1) is 0 Å². The number of pyridine rings is 3. The van der Waals surface area contributed by atoms with Gasteiger partial charge >= 0.3 is 0 Å². The number of benzene rings is 1. The molecule has 0 unspecified atom stereocenters. The Hall–Kier alpha value is -3.27. The molecule has 0 radical (unpaired) electrons. The summed E-state index contributed by atoms with van der Waals surface area (Å²) in [5, 5.41) is 4.13. The Labute approximate surface area is 131 Å². The lowest BCUT2D eigenvalue weighted by atomic mass is 10.0. The van der Waals surface area contributed by atoms with Gasteiger partial charge in [0.25, 0.3) is 0 Å². The summed E-state index contributed by atoms with van der Waals surface area (Å²) in [5.41, 5.74) is 3.08. The molecule has 0 saturated carbocycles. The van der Waals surface area contributed by atoms with Crippen molar-refractivity contribution in [2.24, 2.45) is 0 Å². The first-order chi connectivity index (χ1) is 11.4. The Morgan fingerprint density at radius 3 is 2.48 bits per heavy atom. The average Bonchev–Trinajstić information content (AvgIpc) is 3.00. The van der Waals surface area contributed by atoms with Gasteiger partial charge in [0.1, 0.15) is 11.3 Å². The predicted octanol–water partition coefficient (Wildman–Crippen LogP) is 4.59. The second-order valence-electron chi connectivity index (χ2n) is 5.37. The maximum absolute atomic E-state index is 5.85. The molecule has 108 valence electrons. The van der Waals surface area contributed by atoms with Crippen molar-refractivity contribution in [3.63, 3.8) is 0 Å². The van der Waals surface area contributed by atoms with Gasteiger partial charge in [0.05, 0.1) is 16.5 Å². The van der Waals surface area contributed by atoms with Crippen molar-refractivity contribution in [1.29, 1.82) is 0 Å². The van der Waals surface area contributed by atoms with Gasteiger partial charge in [-0.05, 0) is 29.7 Å². The molecule has 0 bridgehead atoms. The lowest BCUT2D eigenvalue weighted by Crippen LogP contribution is -1.89. The van der Waals surface area contributed by atoms with E-state index in [4.69, 9.17) is 4.42 Å². The minimum absolute atomic E-state index is 0.622. The van der Waals surface area contributed by atoms with Crippen molar-refractivity contribution in [2.75, 3.05) is 0 Å². The minimum atomic E-state index is 0.622. The third-order valence-corrected chi connectivity index (χ3v) is 4.06. The quantitative estimate of drug-likeness (QED) is 0.454. The molecule has 4 heterocycles. The van der Waals surface area contributed by atoms with E-state index in [1.807, 2.05) is 42.6 Å². The van der Waals surface area contributed by atoms with Gasteiger partial charge in [-0.3, -0.25) is 9.97 Å². The largest absolute Gasteiger partial charge is 0.438 e. The Morgan fingerprint density at radius 1 is 0.652 bits per heavy atom. The molecule has 0 fully saturated rings. The van der Waals surface area contributed by atoms with E-state index in [1.165, 1.54) is 0 Å². The molecule has 0 spiro atoms. The van der Waals surface area contributed by atoms with E-state index >= 15 is 0 Å². The summed E-state index contributed by atoms with van der Waals surface area (Å²) in [4.78, 5) is 13.5. The second-order valence-corrected chi connectivity index (χ2v) is 5.37. The van der Waals surface area contributed by atoms with Gasteiger partial charge in [-0.25, -0.2) is 4.98 Å². The van der Waals surface area contributed by atoms with Gasteiger partial charge in [-0.2, -0.15) is 0 Å². The van der Waals surface area contributed by atoms with Crippen LogP contribution in [0.1, 0.15) is 0 Å². The predicted molar refractivity (Wildman–Crippen MR) is 90.0 cm³/mol. The van der Waals surface area contributed by atoms with Crippen LogP contribution in [0.3, 0.4) is 0 Å². The summed E-state index contributed by atoms with van der Waals surface area (Å²) < 4.78 is 5.85. The van der Waals surface area contributed by atoms with Gasteiger partial charge in [0.2, 0.25) is 5.71 Å². The van der Waals surface area contributed by atoms with Crippen LogP contribution in [0.2, 0.25) is 0 Å². The molecule has 5 aromatic rings. The number of hydrogen-bond donors (Lipinski definition) is 0. The van der Waals surface area contributed by atoms with Crippen LogP contribution in [0.25, 0.3) is 44.2 Å². The first kappa shape index (κ1) is 12.3. The van der Waals surface area contributed by atoms with Crippen LogP contribution in [0.15, 0.2) is 71.5 Å². The summed E-state index contributed by atoms with van der Waals surface area (Å²) in [6, 6.07) is 16.0. The molecule has 0 aliphatic heterocycles. The lowest BCUT2D eigenvalue weighted by Gasteiger charge is -2.06. The molecule has 0 aliphatic rings. The van der Waals surface area contributed by atoms with Crippen molar-refractivity contribution in [3.05, 3.63) is 67.1 Å². The van der Waals surface area contributed by atoms with E-state index in [-0.39, 0.29) is 0 Å². The molecule has 0 aliphatic carbocycles. The normalized spacial score (nSPS) is 11.5. The van der Waals surface area contributed by atoms with Crippen LogP contribution in [-0.4, -0.2) is 15.0 Å². The van der Waals surface area contributed by atoms with E-state index in [2.05, 4.69) is 27.1 Å². The number of nitrogens with zero attached hydrogens (tertiary/aromatic N) is 3. The van der Waals surface area contributed by atoms with Crippen molar-refractivity contribution in [2.45, 2.75) is 0 Å². The lowest BCUT2D eigenvalue weighted by molar-refractivity contribution is 0.654. The van der Waals surface area contributed by atoms with Crippen LogP contribution >= 0.6 is 0 Å². The monoisotopic (exact) mass is 297 g/mol. The zero-order valence-corrected chi connectivity index (χ0v) is 12.1. The minimum Gasteiger partial charge on any atom is -0.438 e. The Kier molecular flexibility index (Phi) is 2.46. The Morgan fingerprint density at radius 2 is 1.48 bits per heavy atom. The zero-order chi connectivity index (χ0) is 15.2. The summed E-state index contributed by atoms with van der Waals surface area (Å²) >= 11 is 0. The van der Waals surface area contributed by atoms with Crippen LogP contribution in [0.4, 0.5) is 0 Å². The molecule has 5 rings (SSSR count). The van der Waals surface area contributed by atoms with Crippen LogP contribution < -0.4 is 0 Å². The van der Waals surface area contributed by atoms with E-state index in [0.717, 1.165) is 38.5 Å².